The zero-order valence-electron chi connectivity index (χ0n) is 17.6. The van der Waals surface area contributed by atoms with Crippen molar-refractivity contribution in [3.8, 4) is 11.5 Å². The molecule has 0 spiro atoms. The summed E-state index contributed by atoms with van der Waals surface area (Å²) >= 11 is 5.94. The van der Waals surface area contributed by atoms with Crippen molar-refractivity contribution >= 4 is 33.2 Å². The molecule has 0 bridgehead atoms. The molecule has 0 heterocycles. The van der Waals surface area contributed by atoms with E-state index < -0.39 is 15.9 Å². The van der Waals surface area contributed by atoms with E-state index in [0.29, 0.717) is 18.0 Å². The topological polar surface area (TPSA) is 84.9 Å². The van der Waals surface area contributed by atoms with Gasteiger partial charge in [0.2, 0.25) is 15.9 Å². The highest BCUT2D eigenvalue weighted by atomic mass is 35.5. The minimum Gasteiger partial charge on any atom is -0.495 e. The Labute approximate surface area is 192 Å². The summed E-state index contributed by atoms with van der Waals surface area (Å²) < 4.78 is 37.5. The number of amides is 1. The van der Waals surface area contributed by atoms with Crippen molar-refractivity contribution in [3.63, 3.8) is 0 Å². The lowest BCUT2D eigenvalue weighted by atomic mass is 10.2. The summed E-state index contributed by atoms with van der Waals surface area (Å²) in [6, 6.07) is 20.9. The van der Waals surface area contributed by atoms with Gasteiger partial charge in [-0.3, -0.25) is 4.79 Å². The number of anilines is 1. The highest BCUT2D eigenvalue weighted by molar-refractivity contribution is 7.89. The van der Waals surface area contributed by atoms with E-state index in [1.165, 1.54) is 32.4 Å². The summed E-state index contributed by atoms with van der Waals surface area (Å²) in [6.45, 7) is 0.0480. The summed E-state index contributed by atoms with van der Waals surface area (Å²) in [5.41, 5.74) is 1.57. The van der Waals surface area contributed by atoms with E-state index in [0.717, 1.165) is 9.87 Å². The second-order valence-corrected chi connectivity index (χ2v) is 9.35. The number of carbonyl (C=O) groups excluding carboxylic acids is 1. The first-order valence-electron chi connectivity index (χ1n) is 9.66. The summed E-state index contributed by atoms with van der Waals surface area (Å²) in [4.78, 5) is 12.3. The molecule has 1 amide bonds. The smallest absolute Gasteiger partial charge is 0.247 e. The summed E-state index contributed by atoms with van der Waals surface area (Å²) in [7, 11) is -1.31. The quantitative estimate of drug-likeness (QED) is 0.502. The Balaban J connectivity index is 1.59. The van der Waals surface area contributed by atoms with Crippen LogP contribution in [0.4, 0.5) is 5.69 Å². The largest absolute Gasteiger partial charge is 0.495 e. The Kier molecular flexibility index (Phi) is 7.74. The Hall–Kier alpha value is -3.07. The number of nitrogens with zero attached hydrogens (tertiary/aromatic N) is 1. The van der Waals surface area contributed by atoms with E-state index in [2.05, 4.69) is 5.32 Å². The molecule has 7 nitrogen and oxygen atoms in total. The molecule has 9 heteroatoms. The fourth-order valence-electron chi connectivity index (χ4n) is 2.88. The number of nitrogens with one attached hydrogen (secondary N) is 1. The highest BCUT2D eigenvalue weighted by Gasteiger charge is 2.26. The van der Waals surface area contributed by atoms with Crippen LogP contribution in [0.3, 0.4) is 0 Å². The molecule has 0 aliphatic carbocycles. The van der Waals surface area contributed by atoms with Crippen LogP contribution in [-0.4, -0.2) is 39.3 Å². The third-order valence-corrected chi connectivity index (χ3v) is 6.63. The fourth-order valence-corrected chi connectivity index (χ4v) is 4.42. The fraction of sp³-hybridized carbons (Fsp3) is 0.174. The molecule has 0 atom stereocenters. The molecule has 0 aliphatic heterocycles. The van der Waals surface area contributed by atoms with Crippen molar-refractivity contribution in [2.24, 2.45) is 0 Å². The van der Waals surface area contributed by atoms with Gasteiger partial charge in [0.1, 0.15) is 23.0 Å². The van der Waals surface area contributed by atoms with E-state index in [4.69, 9.17) is 21.1 Å². The molecule has 168 valence electrons. The van der Waals surface area contributed by atoms with Crippen LogP contribution < -0.4 is 14.8 Å². The number of carbonyl (C=O) groups is 1. The van der Waals surface area contributed by atoms with Gasteiger partial charge in [-0.05, 0) is 48.0 Å². The Morgan fingerprint density at radius 3 is 2.38 bits per heavy atom. The van der Waals surface area contributed by atoms with Gasteiger partial charge in [0.05, 0.1) is 13.7 Å². The summed E-state index contributed by atoms with van der Waals surface area (Å²) in [5.74, 6) is 0.308. The van der Waals surface area contributed by atoms with Crippen LogP contribution in [0.5, 0.6) is 11.5 Å². The lowest BCUT2D eigenvalue weighted by Gasteiger charge is -2.18. The molecule has 3 aromatic carbocycles. The molecule has 0 fully saturated rings. The maximum Gasteiger partial charge on any atom is 0.247 e. The van der Waals surface area contributed by atoms with E-state index in [1.54, 1.807) is 24.3 Å². The van der Waals surface area contributed by atoms with Gasteiger partial charge in [-0.2, -0.15) is 4.31 Å². The molecule has 0 aromatic heterocycles. The molecular weight excluding hydrogens is 452 g/mol. The minimum atomic E-state index is -3.99. The van der Waals surface area contributed by atoms with Gasteiger partial charge in [-0.25, -0.2) is 8.42 Å². The second-order valence-electron chi connectivity index (χ2n) is 6.90. The van der Waals surface area contributed by atoms with Crippen molar-refractivity contribution in [2.45, 2.75) is 11.5 Å². The third kappa shape index (κ3) is 6.00. The van der Waals surface area contributed by atoms with Crippen LogP contribution in [0, 0.1) is 0 Å². The van der Waals surface area contributed by atoms with Crippen LogP contribution in [0.2, 0.25) is 5.02 Å². The number of likely N-dealkylation sites (N-methyl/N-ethyl adjacent to an activating group) is 1. The van der Waals surface area contributed by atoms with Crippen LogP contribution in [0.1, 0.15) is 5.56 Å². The zero-order valence-corrected chi connectivity index (χ0v) is 19.2. The molecule has 32 heavy (non-hydrogen) atoms. The molecule has 3 rings (SSSR count). The van der Waals surface area contributed by atoms with Gasteiger partial charge < -0.3 is 14.8 Å². The van der Waals surface area contributed by atoms with Crippen LogP contribution in [0.25, 0.3) is 0 Å². The number of hydrogen-bond acceptors (Lipinski definition) is 5. The predicted molar refractivity (Wildman–Crippen MR) is 124 cm³/mol. The standard InChI is InChI=1S/C23H23ClN2O5S/c1-26(32(28,29)22-14-18(24)8-13-21(22)30-2)15-23(27)25-19-9-11-20(12-10-19)31-16-17-6-4-3-5-7-17/h3-14H,15-16H2,1-2H3,(H,25,27). The van der Waals surface area contributed by atoms with Gasteiger partial charge in [-0.15, -0.1) is 0 Å². The molecule has 0 unspecified atom stereocenters. The first-order chi connectivity index (χ1) is 15.3. The molecule has 3 aromatic rings. The average molecular weight is 475 g/mol. The molecule has 0 saturated heterocycles. The lowest BCUT2D eigenvalue weighted by molar-refractivity contribution is -0.116. The van der Waals surface area contributed by atoms with Gasteiger partial charge in [0.25, 0.3) is 0 Å². The van der Waals surface area contributed by atoms with Gasteiger partial charge >= 0.3 is 0 Å². The third-order valence-electron chi connectivity index (χ3n) is 4.57. The number of benzene rings is 3. The Morgan fingerprint density at radius 2 is 1.72 bits per heavy atom. The van der Waals surface area contributed by atoms with Crippen LogP contribution in [0.15, 0.2) is 77.7 Å². The van der Waals surface area contributed by atoms with Crippen molar-refractivity contribution in [3.05, 3.63) is 83.4 Å². The van der Waals surface area contributed by atoms with Crippen molar-refractivity contribution in [1.82, 2.24) is 4.31 Å². The monoisotopic (exact) mass is 474 g/mol. The van der Waals surface area contributed by atoms with E-state index >= 15 is 0 Å². The second kappa shape index (κ2) is 10.5. The average Bonchev–Trinajstić information content (AvgIpc) is 2.79. The predicted octanol–water partition coefficient (Wildman–Crippen LogP) is 4.19. The number of methoxy groups -OCH3 is 1. The van der Waals surface area contributed by atoms with Crippen LogP contribution >= 0.6 is 11.6 Å². The molecule has 0 aliphatic rings. The van der Waals surface area contributed by atoms with Crippen molar-refractivity contribution in [1.29, 1.82) is 0 Å². The summed E-state index contributed by atoms with van der Waals surface area (Å²) in [5, 5.41) is 2.93. The maximum atomic E-state index is 12.9. The van der Waals surface area contributed by atoms with Gasteiger partial charge in [-0.1, -0.05) is 41.9 Å². The van der Waals surface area contributed by atoms with E-state index in [1.807, 2.05) is 30.3 Å². The first kappa shape index (κ1) is 23.6. The first-order valence-corrected chi connectivity index (χ1v) is 11.5. The van der Waals surface area contributed by atoms with E-state index in [9.17, 15) is 13.2 Å². The molecule has 0 radical (unpaired) electrons. The number of sulfonamides is 1. The maximum absolute atomic E-state index is 12.9. The number of rotatable bonds is 9. The van der Waals surface area contributed by atoms with Gasteiger partial charge in [0.15, 0.2) is 0 Å². The molecule has 1 N–H and O–H groups in total. The van der Waals surface area contributed by atoms with Crippen molar-refractivity contribution < 1.29 is 22.7 Å². The van der Waals surface area contributed by atoms with Gasteiger partial charge in [0, 0.05) is 17.8 Å². The number of hydrogen-bond donors (Lipinski definition) is 1. The SMILES string of the molecule is COc1ccc(Cl)cc1S(=O)(=O)N(C)CC(=O)Nc1ccc(OCc2ccccc2)cc1. The Morgan fingerprint density at radius 1 is 1.03 bits per heavy atom. The van der Waals surface area contributed by atoms with Crippen molar-refractivity contribution in [2.75, 3.05) is 26.0 Å². The number of halogens is 1. The van der Waals surface area contributed by atoms with Crippen LogP contribution in [-0.2, 0) is 21.4 Å². The summed E-state index contributed by atoms with van der Waals surface area (Å²) in [6.07, 6.45) is 0. The zero-order chi connectivity index (χ0) is 23.1. The molecular formula is C23H23ClN2O5S. The Bertz CT molecular complexity index is 1170. The lowest BCUT2D eigenvalue weighted by Crippen LogP contribution is -2.35. The minimum absolute atomic E-state index is 0.109. The number of ether oxygens (including phenoxy) is 2. The highest BCUT2D eigenvalue weighted by Crippen LogP contribution is 2.29. The van der Waals surface area contributed by atoms with E-state index in [-0.39, 0.29) is 22.2 Å². The molecule has 0 saturated carbocycles. The normalized spacial score (nSPS) is 11.2.